The fraction of sp³-hybridized carbons (Fsp3) is 0.250. The Morgan fingerprint density at radius 2 is 2.05 bits per heavy atom. The molecule has 2 aromatic rings. The highest BCUT2D eigenvalue weighted by Crippen LogP contribution is 2.29. The van der Waals surface area contributed by atoms with Crippen LogP contribution in [0.25, 0.3) is 0 Å². The largest absolute Gasteiger partial charge is 0.378 e. The zero-order valence-corrected chi connectivity index (χ0v) is 11.8. The minimum atomic E-state index is -0.389. The monoisotopic (exact) mass is 290 g/mol. The zero-order valence-electron chi connectivity index (χ0n) is 11.0. The SMILES string of the molecule is Fc1ccc(NC2CCNCc3ccccc32)cc1Cl. The van der Waals surface area contributed by atoms with E-state index in [2.05, 4.69) is 34.9 Å². The molecule has 0 saturated heterocycles. The fourth-order valence-corrected chi connectivity index (χ4v) is 2.78. The molecular weight excluding hydrogens is 275 g/mol. The summed E-state index contributed by atoms with van der Waals surface area (Å²) in [6.45, 7) is 1.83. The van der Waals surface area contributed by atoms with E-state index >= 15 is 0 Å². The highest BCUT2D eigenvalue weighted by atomic mass is 35.5. The van der Waals surface area contributed by atoms with Crippen molar-refractivity contribution in [1.82, 2.24) is 5.32 Å². The van der Waals surface area contributed by atoms with Gasteiger partial charge in [-0.25, -0.2) is 4.39 Å². The predicted octanol–water partition coefficient (Wildman–Crippen LogP) is 4.13. The molecule has 1 aliphatic rings. The van der Waals surface area contributed by atoms with Crippen LogP contribution < -0.4 is 10.6 Å². The van der Waals surface area contributed by atoms with Crippen molar-refractivity contribution in [1.29, 1.82) is 0 Å². The lowest BCUT2D eigenvalue weighted by atomic mass is 9.99. The van der Waals surface area contributed by atoms with Gasteiger partial charge in [-0.05, 0) is 42.3 Å². The van der Waals surface area contributed by atoms with Gasteiger partial charge in [0.25, 0.3) is 0 Å². The van der Waals surface area contributed by atoms with Gasteiger partial charge in [0.15, 0.2) is 0 Å². The molecule has 1 aliphatic heterocycles. The van der Waals surface area contributed by atoms with Gasteiger partial charge in [0, 0.05) is 12.2 Å². The number of anilines is 1. The van der Waals surface area contributed by atoms with Crippen LogP contribution in [0.5, 0.6) is 0 Å². The smallest absolute Gasteiger partial charge is 0.141 e. The molecule has 4 heteroatoms. The molecule has 0 radical (unpaired) electrons. The van der Waals surface area contributed by atoms with Crippen molar-refractivity contribution < 1.29 is 4.39 Å². The summed E-state index contributed by atoms with van der Waals surface area (Å²) in [5, 5.41) is 7.02. The number of hydrogen-bond donors (Lipinski definition) is 2. The van der Waals surface area contributed by atoms with Crippen molar-refractivity contribution in [3.63, 3.8) is 0 Å². The second-order valence-corrected chi connectivity index (χ2v) is 5.40. The summed E-state index contributed by atoms with van der Waals surface area (Å²) >= 11 is 5.84. The van der Waals surface area contributed by atoms with Crippen LogP contribution in [0, 0.1) is 5.82 Å². The molecule has 0 aliphatic carbocycles. The highest BCUT2D eigenvalue weighted by Gasteiger charge is 2.18. The molecule has 104 valence electrons. The van der Waals surface area contributed by atoms with E-state index in [1.54, 1.807) is 12.1 Å². The molecule has 2 N–H and O–H groups in total. The summed E-state index contributed by atoms with van der Waals surface area (Å²) in [5.74, 6) is -0.389. The van der Waals surface area contributed by atoms with E-state index in [0.717, 1.165) is 25.2 Å². The third-order valence-corrected chi connectivity index (χ3v) is 3.91. The molecule has 0 aromatic heterocycles. The quantitative estimate of drug-likeness (QED) is 0.869. The van der Waals surface area contributed by atoms with E-state index in [-0.39, 0.29) is 16.9 Å². The van der Waals surface area contributed by atoms with Gasteiger partial charge in [0.2, 0.25) is 0 Å². The lowest BCUT2D eigenvalue weighted by molar-refractivity contribution is 0.626. The van der Waals surface area contributed by atoms with Crippen LogP contribution in [-0.4, -0.2) is 6.54 Å². The molecular formula is C16H16ClFN2. The first-order valence-electron chi connectivity index (χ1n) is 6.74. The first-order chi connectivity index (χ1) is 9.74. The van der Waals surface area contributed by atoms with Crippen molar-refractivity contribution in [3.05, 3.63) is 64.4 Å². The van der Waals surface area contributed by atoms with Crippen LogP contribution in [0.2, 0.25) is 5.02 Å². The molecule has 2 aromatic carbocycles. The van der Waals surface area contributed by atoms with E-state index in [0.29, 0.717) is 0 Å². The predicted molar refractivity (Wildman–Crippen MR) is 80.5 cm³/mol. The average molecular weight is 291 g/mol. The van der Waals surface area contributed by atoms with Gasteiger partial charge in [-0.1, -0.05) is 35.9 Å². The van der Waals surface area contributed by atoms with E-state index in [4.69, 9.17) is 11.6 Å². The van der Waals surface area contributed by atoms with Crippen LogP contribution in [0.4, 0.5) is 10.1 Å². The van der Waals surface area contributed by atoms with Crippen molar-refractivity contribution >= 4 is 17.3 Å². The Hall–Kier alpha value is -1.58. The molecule has 20 heavy (non-hydrogen) atoms. The molecule has 1 unspecified atom stereocenters. The maximum Gasteiger partial charge on any atom is 0.141 e. The third-order valence-electron chi connectivity index (χ3n) is 3.62. The lowest BCUT2D eigenvalue weighted by Gasteiger charge is -2.20. The fourth-order valence-electron chi connectivity index (χ4n) is 2.60. The summed E-state index contributed by atoms with van der Waals surface area (Å²) in [5.41, 5.74) is 3.44. The van der Waals surface area contributed by atoms with Crippen LogP contribution in [-0.2, 0) is 6.54 Å². The molecule has 0 bridgehead atoms. The molecule has 1 atom stereocenters. The second-order valence-electron chi connectivity index (χ2n) is 4.99. The number of fused-ring (bicyclic) bond motifs is 1. The van der Waals surface area contributed by atoms with E-state index in [1.807, 2.05) is 0 Å². The van der Waals surface area contributed by atoms with Gasteiger partial charge in [-0.3, -0.25) is 0 Å². The van der Waals surface area contributed by atoms with E-state index in [9.17, 15) is 4.39 Å². The minimum Gasteiger partial charge on any atom is -0.378 e. The van der Waals surface area contributed by atoms with Crippen molar-refractivity contribution in [2.45, 2.75) is 19.0 Å². The number of benzene rings is 2. The van der Waals surface area contributed by atoms with Gasteiger partial charge < -0.3 is 10.6 Å². The van der Waals surface area contributed by atoms with Crippen LogP contribution in [0.15, 0.2) is 42.5 Å². The third kappa shape index (κ3) is 2.79. The van der Waals surface area contributed by atoms with Crippen molar-refractivity contribution in [3.8, 4) is 0 Å². The first-order valence-corrected chi connectivity index (χ1v) is 7.12. The molecule has 2 nitrogen and oxygen atoms in total. The summed E-state index contributed by atoms with van der Waals surface area (Å²) < 4.78 is 13.2. The van der Waals surface area contributed by atoms with Crippen LogP contribution in [0.3, 0.4) is 0 Å². The number of hydrogen-bond acceptors (Lipinski definition) is 2. The topological polar surface area (TPSA) is 24.1 Å². The summed E-state index contributed by atoms with van der Waals surface area (Å²) in [6.07, 6.45) is 0.978. The molecule has 3 rings (SSSR count). The Labute approximate surface area is 123 Å². The average Bonchev–Trinajstić information content (AvgIpc) is 2.66. The van der Waals surface area contributed by atoms with Gasteiger partial charge in [0.1, 0.15) is 5.82 Å². The van der Waals surface area contributed by atoms with Gasteiger partial charge >= 0.3 is 0 Å². The summed E-state index contributed by atoms with van der Waals surface area (Å²) in [6, 6.07) is 13.4. The van der Waals surface area contributed by atoms with E-state index < -0.39 is 0 Å². The minimum absolute atomic E-state index is 0.148. The number of nitrogens with one attached hydrogen (secondary N) is 2. The standard InChI is InChI=1S/C16H16ClFN2/c17-14-9-12(5-6-15(14)18)20-16-7-8-19-10-11-3-1-2-4-13(11)16/h1-6,9,16,19-20H,7-8,10H2. The van der Waals surface area contributed by atoms with Crippen molar-refractivity contribution in [2.24, 2.45) is 0 Å². The number of halogens is 2. The Balaban J connectivity index is 1.88. The highest BCUT2D eigenvalue weighted by molar-refractivity contribution is 6.31. The Morgan fingerprint density at radius 3 is 2.90 bits per heavy atom. The molecule has 0 spiro atoms. The Bertz CT molecular complexity index is 615. The zero-order chi connectivity index (χ0) is 13.9. The van der Waals surface area contributed by atoms with Gasteiger partial charge in [-0.2, -0.15) is 0 Å². The summed E-state index contributed by atoms with van der Waals surface area (Å²) in [7, 11) is 0. The molecule has 1 heterocycles. The molecule has 0 saturated carbocycles. The normalized spacial score (nSPS) is 18.2. The summed E-state index contributed by atoms with van der Waals surface area (Å²) in [4.78, 5) is 0. The van der Waals surface area contributed by atoms with Crippen LogP contribution >= 0.6 is 11.6 Å². The second kappa shape index (κ2) is 5.81. The Morgan fingerprint density at radius 1 is 1.20 bits per heavy atom. The van der Waals surface area contributed by atoms with Gasteiger partial charge in [-0.15, -0.1) is 0 Å². The number of rotatable bonds is 2. The van der Waals surface area contributed by atoms with Crippen molar-refractivity contribution in [2.75, 3.05) is 11.9 Å². The lowest BCUT2D eigenvalue weighted by Crippen LogP contribution is -2.15. The molecule has 0 amide bonds. The van der Waals surface area contributed by atoms with E-state index in [1.165, 1.54) is 17.2 Å². The van der Waals surface area contributed by atoms with Crippen LogP contribution in [0.1, 0.15) is 23.6 Å². The first kappa shape index (κ1) is 13.4. The maximum absolute atomic E-state index is 13.2. The Kier molecular flexibility index (Phi) is 3.90. The molecule has 0 fully saturated rings. The maximum atomic E-state index is 13.2. The van der Waals surface area contributed by atoms with Gasteiger partial charge in [0.05, 0.1) is 11.1 Å².